The number of halogens is 1. The number of thioether (sulfide) groups is 1. The van der Waals surface area contributed by atoms with E-state index in [9.17, 15) is 15.0 Å². The maximum absolute atomic E-state index is 11.6. The first-order valence-corrected chi connectivity index (χ1v) is 7.72. The number of aryl methyl sites for hydroxylation is 1. The lowest BCUT2D eigenvalue weighted by molar-refractivity contribution is -0.311. The van der Waals surface area contributed by atoms with Crippen LogP contribution in [-0.4, -0.2) is 34.4 Å². The highest BCUT2D eigenvalue weighted by Gasteiger charge is 2.43. The number of alkyl halides is 1. The summed E-state index contributed by atoms with van der Waals surface area (Å²) in [4.78, 5) is 12.4. The summed E-state index contributed by atoms with van der Waals surface area (Å²) in [6.07, 6.45) is -0.421. The molecule has 2 atom stereocenters. The Hall–Kier alpha value is -0.910. The van der Waals surface area contributed by atoms with Crippen LogP contribution >= 0.6 is 23.4 Å². The summed E-state index contributed by atoms with van der Waals surface area (Å²) < 4.78 is 4.08. The highest BCUT2D eigenvalue weighted by atomic mass is 35.5. The summed E-state index contributed by atoms with van der Waals surface area (Å²) in [5.74, 6) is -0.351. The van der Waals surface area contributed by atoms with Gasteiger partial charge in [-0.15, -0.1) is 23.4 Å². The number of carbonyl (C=O) groups is 1. The molecule has 2 unspecified atom stereocenters. The Balaban J connectivity index is 2.42. The third kappa shape index (κ3) is 2.90. The number of aliphatic hydroxyl groups excluding tert-OH is 1. The number of hydrogen-bond donors (Lipinski definition) is 1. The molecule has 0 radical (unpaired) electrons. The molecule has 4 nitrogen and oxygen atoms in total. The van der Waals surface area contributed by atoms with Crippen molar-refractivity contribution in [3.05, 3.63) is 23.8 Å². The van der Waals surface area contributed by atoms with Gasteiger partial charge in [0.25, 0.3) is 0 Å². The molecule has 0 saturated carbocycles. The third-order valence-corrected chi connectivity index (χ3v) is 5.17. The summed E-state index contributed by atoms with van der Waals surface area (Å²) in [5.41, 5.74) is 1.00. The number of ether oxygens (including phenoxy) is 1. The van der Waals surface area contributed by atoms with Crippen LogP contribution in [0.1, 0.15) is 18.4 Å². The van der Waals surface area contributed by atoms with E-state index in [-0.39, 0.29) is 13.0 Å². The number of aliphatic hydroxyl groups is 1. The zero-order valence-electron chi connectivity index (χ0n) is 11.1. The molecule has 20 heavy (non-hydrogen) atoms. The molecular formula is C14H16ClO4S-. The Morgan fingerprint density at radius 2 is 2.40 bits per heavy atom. The van der Waals surface area contributed by atoms with Crippen molar-refractivity contribution in [2.75, 3.05) is 12.5 Å². The molecule has 2 rings (SSSR count). The lowest BCUT2D eigenvalue weighted by atomic mass is 9.96. The predicted octanol–water partition coefficient (Wildman–Crippen LogP) is 1.35. The lowest BCUT2D eigenvalue weighted by Crippen LogP contribution is -2.55. The summed E-state index contributed by atoms with van der Waals surface area (Å²) in [6, 6.07) is 5.53. The topological polar surface area (TPSA) is 69.6 Å². The van der Waals surface area contributed by atoms with Gasteiger partial charge in [-0.05, 0) is 37.5 Å². The van der Waals surface area contributed by atoms with Crippen molar-refractivity contribution in [3.63, 3.8) is 0 Å². The van der Waals surface area contributed by atoms with Gasteiger partial charge >= 0.3 is 0 Å². The highest BCUT2D eigenvalue weighted by Crippen LogP contribution is 2.45. The molecule has 0 spiro atoms. The zero-order valence-corrected chi connectivity index (χ0v) is 12.7. The second kappa shape index (κ2) is 6.24. The first kappa shape index (κ1) is 15.5. The van der Waals surface area contributed by atoms with Gasteiger partial charge in [0, 0.05) is 5.88 Å². The van der Waals surface area contributed by atoms with Crippen molar-refractivity contribution in [1.82, 2.24) is 0 Å². The molecule has 1 heterocycles. The molecule has 0 amide bonds. The molecule has 1 N–H and O–H groups in total. The van der Waals surface area contributed by atoms with E-state index >= 15 is 0 Å². The molecule has 1 aliphatic rings. The van der Waals surface area contributed by atoms with Crippen LogP contribution in [0.5, 0.6) is 5.75 Å². The zero-order chi connectivity index (χ0) is 14.8. The predicted molar refractivity (Wildman–Crippen MR) is 76.2 cm³/mol. The average Bonchev–Trinajstić information content (AvgIpc) is 2.54. The molecule has 1 aromatic rings. The average molecular weight is 316 g/mol. The van der Waals surface area contributed by atoms with E-state index in [1.165, 1.54) is 0 Å². The van der Waals surface area contributed by atoms with E-state index in [0.29, 0.717) is 22.9 Å². The van der Waals surface area contributed by atoms with Crippen molar-refractivity contribution in [3.8, 4) is 5.75 Å². The van der Waals surface area contributed by atoms with E-state index in [0.717, 1.165) is 17.3 Å². The van der Waals surface area contributed by atoms with Crippen LogP contribution in [0.4, 0.5) is 0 Å². The number of rotatable bonds is 4. The van der Waals surface area contributed by atoms with E-state index in [4.69, 9.17) is 16.3 Å². The summed E-state index contributed by atoms with van der Waals surface area (Å²) in [5, 5.41) is 21.9. The van der Waals surface area contributed by atoms with Crippen molar-refractivity contribution < 1.29 is 19.7 Å². The van der Waals surface area contributed by atoms with Crippen molar-refractivity contribution in [1.29, 1.82) is 0 Å². The molecule has 0 aromatic heterocycles. The van der Waals surface area contributed by atoms with Gasteiger partial charge < -0.3 is 19.7 Å². The third-order valence-electron chi connectivity index (χ3n) is 3.35. The van der Waals surface area contributed by atoms with Crippen LogP contribution in [0, 0.1) is 6.92 Å². The summed E-state index contributed by atoms with van der Waals surface area (Å²) >= 11 is 6.77. The van der Waals surface area contributed by atoms with E-state index < -0.39 is 16.8 Å². The first-order chi connectivity index (χ1) is 9.49. The van der Waals surface area contributed by atoms with Gasteiger partial charge in [0.15, 0.2) is 0 Å². The fourth-order valence-corrected chi connectivity index (χ4v) is 3.74. The Labute approximate surface area is 127 Å². The molecule has 0 saturated heterocycles. The largest absolute Gasteiger partial charge is 0.549 e. The standard InChI is InChI=1S/C14H17ClO4S/c1-9-3-4-10-11(7-9)20-14(13(17)18,5-2-6-15)12(16)8-19-10/h3-4,7,12,16H,2,5-6,8H2,1H3,(H,17,18)/p-1. The molecule has 0 fully saturated rings. The maximum atomic E-state index is 11.6. The number of hydrogen-bond acceptors (Lipinski definition) is 5. The molecule has 0 aliphatic carbocycles. The molecular weight excluding hydrogens is 300 g/mol. The lowest BCUT2D eigenvalue weighted by Gasteiger charge is -2.36. The van der Waals surface area contributed by atoms with Gasteiger partial charge in [0.05, 0.1) is 15.6 Å². The fourth-order valence-electron chi connectivity index (χ4n) is 2.21. The Morgan fingerprint density at radius 1 is 1.65 bits per heavy atom. The van der Waals surface area contributed by atoms with Crippen molar-refractivity contribution in [2.24, 2.45) is 0 Å². The van der Waals surface area contributed by atoms with Gasteiger partial charge in [-0.3, -0.25) is 0 Å². The van der Waals surface area contributed by atoms with E-state index in [1.54, 1.807) is 6.07 Å². The molecule has 1 aliphatic heterocycles. The van der Waals surface area contributed by atoms with Gasteiger partial charge in [-0.1, -0.05) is 6.07 Å². The van der Waals surface area contributed by atoms with Crippen molar-refractivity contribution in [2.45, 2.75) is 35.5 Å². The number of fused-ring (bicyclic) bond motifs is 1. The van der Waals surface area contributed by atoms with Crippen molar-refractivity contribution >= 4 is 29.3 Å². The van der Waals surface area contributed by atoms with Crippen LogP contribution in [-0.2, 0) is 4.79 Å². The monoisotopic (exact) mass is 315 g/mol. The summed E-state index contributed by atoms with van der Waals surface area (Å²) in [6.45, 7) is 1.85. The van der Waals surface area contributed by atoms with E-state index in [1.807, 2.05) is 19.1 Å². The number of carboxylic acids is 1. The smallest absolute Gasteiger partial charge is 0.133 e. The Bertz CT molecular complexity index is 508. The van der Waals surface area contributed by atoms with Crippen LogP contribution < -0.4 is 9.84 Å². The van der Waals surface area contributed by atoms with Crippen LogP contribution in [0.2, 0.25) is 0 Å². The Kier molecular flexibility index (Phi) is 4.83. The number of aliphatic carboxylic acids is 1. The minimum absolute atomic E-state index is 0.0701. The second-order valence-corrected chi connectivity index (χ2v) is 6.60. The summed E-state index contributed by atoms with van der Waals surface area (Å²) in [7, 11) is 0. The Morgan fingerprint density at radius 3 is 3.05 bits per heavy atom. The highest BCUT2D eigenvalue weighted by molar-refractivity contribution is 8.01. The van der Waals surface area contributed by atoms with Gasteiger partial charge in [0.1, 0.15) is 18.5 Å². The minimum atomic E-state index is -1.42. The van der Waals surface area contributed by atoms with Crippen LogP contribution in [0.15, 0.2) is 23.1 Å². The molecule has 110 valence electrons. The minimum Gasteiger partial charge on any atom is -0.549 e. The number of benzene rings is 1. The van der Waals surface area contributed by atoms with Gasteiger partial charge in [-0.25, -0.2) is 0 Å². The van der Waals surface area contributed by atoms with Crippen LogP contribution in [0.3, 0.4) is 0 Å². The van der Waals surface area contributed by atoms with Gasteiger partial charge in [-0.2, -0.15) is 0 Å². The quantitative estimate of drug-likeness (QED) is 0.849. The maximum Gasteiger partial charge on any atom is 0.133 e. The normalized spacial score (nSPS) is 25.4. The second-order valence-electron chi connectivity index (χ2n) is 4.85. The molecule has 0 bridgehead atoms. The first-order valence-electron chi connectivity index (χ1n) is 6.37. The molecule has 1 aromatic carbocycles. The van der Waals surface area contributed by atoms with Crippen LogP contribution in [0.25, 0.3) is 0 Å². The number of carboxylic acid groups (broad SMARTS) is 1. The van der Waals surface area contributed by atoms with E-state index in [2.05, 4.69) is 0 Å². The van der Waals surface area contributed by atoms with Gasteiger partial charge in [0.2, 0.25) is 0 Å². The number of carbonyl (C=O) groups excluding carboxylic acids is 1. The fraction of sp³-hybridized carbons (Fsp3) is 0.500. The molecule has 6 heteroatoms. The SMILES string of the molecule is Cc1ccc2c(c1)SC(CCCCl)(C(=O)[O-])C(O)CO2.